The number of thiazole rings is 1. The summed E-state index contributed by atoms with van der Waals surface area (Å²) in [4.78, 5) is 4.01. The van der Waals surface area contributed by atoms with Gasteiger partial charge in [-0.15, -0.1) is 11.3 Å². The summed E-state index contributed by atoms with van der Waals surface area (Å²) in [5.74, 6) is 0.289. The maximum Gasteiger partial charge on any atom is 0.209 e. The molecule has 12 heavy (non-hydrogen) atoms. The highest BCUT2D eigenvalue weighted by Gasteiger charge is 2.13. The molecule has 1 rings (SSSR count). The van der Waals surface area contributed by atoms with Crippen molar-refractivity contribution in [2.45, 2.75) is 24.1 Å². The number of aromatic nitrogens is 1. The first-order valence-corrected chi connectivity index (χ1v) is 6.34. The molecule has 0 N–H and O–H groups in total. The van der Waals surface area contributed by atoms with Crippen LogP contribution in [0.4, 0.5) is 0 Å². The van der Waals surface area contributed by atoms with Crippen LogP contribution in [0.2, 0.25) is 0 Å². The van der Waals surface area contributed by atoms with E-state index in [2.05, 4.69) is 4.98 Å². The fourth-order valence-corrected chi connectivity index (χ4v) is 2.52. The zero-order valence-electron chi connectivity index (χ0n) is 7.23. The molecule has 0 radical (unpaired) electrons. The van der Waals surface area contributed by atoms with Crippen LogP contribution >= 0.6 is 11.3 Å². The third-order valence-corrected chi connectivity index (χ3v) is 3.98. The summed E-state index contributed by atoms with van der Waals surface area (Å²) < 4.78 is 22.2. The Balaban J connectivity index is 3.09. The van der Waals surface area contributed by atoms with Crippen LogP contribution in [0.1, 0.15) is 25.5 Å². The van der Waals surface area contributed by atoms with Crippen molar-refractivity contribution < 1.29 is 8.42 Å². The Kier molecular flexibility index (Phi) is 2.53. The summed E-state index contributed by atoms with van der Waals surface area (Å²) >= 11 is 1.19. The zero-order chi connectivity index (χ0) is 9.35. The molecule has 1 aromatic rings. The van der Waals surface area contributed by atoms with E-state index >= 15 is 0 Å². The topological polar surface area (TPSA) is 47.0 Å². The molecule has 1 aromatic heterocycles. The monoisotopic (exact) mass is 205 g/mol. The van der Waals surface area contributed by atoms with Gasteiger partial charge in [0.05, 0.1) is 5.69 Å². The third-order valence-electron chi connectivity index (χ3n) is 1.41. The van der Waals surface area contributed by atoms with Crippen LogP contribution in [0.25, 0.3) is 0 Å². The van der Waals surface area contributed by atoms with E-state index in [4.69, 9.17) is 0 Å². The Bertz CT molecular complexity index is 365. The molecule has 0 aromatic carbocycles. The number of nitrogens with zero attached hydrogens (tertiary/aromatic N) is 1. The van der Waals surface area contributed by atoms with Crippen molar-refractivity contribution in [3.05, 3.63) is 11.1 Å². The van der Waals surface area contributed by atoms with Crippen LogP contribution < -0.4 is 0 Å². The molecule has 1 heterocycles. The van der Waals surface area contributed by atoms with E-state index in [0.29, 0.717) is 0 Å². The summed E-state index contributed by atoms with van der Waals surface area (Å²) in [7, 11) is -3.11. The van der Waals surface area contributed by atoms with Crippen molar-refractivity contribution in [1.82, 2.24) is 4.98 Å². The van der Waals surface area contributed by atoms with Crippen LogP contribution in [0.5, 0.6) is 0 Å². The average Bonchev–Trinajstić information content (AvgIpc) is 2.30. The Morgan fingerprint density at radius 2 is 2.08 bits per heavy atom. The molecule has 0 aliphatic heterocycles. The molecule has 0 unspecified atom stereocenters. The molecule has 68 valence electrons. The molecule has 5 heteroatoms. The smallest absolute Gasteiger partial charge is 0.209 e. The zero-order valence-corrected chi connectivity index (χ0v) is 8.87. The largest absolute Gasteiger partial charge is 0.230 e. The Hall–Kier alpha value is -0.420. The van der Waals surface area contributed by atoms with Gasteiger partial charge in [-0.05, 0) is 5.92 Å². The van der Waals surface area contributed by atoms with Crippen LogP contribution in [-0.2, 0) is 9.84 Å². The maximum atomic E-state index is 11.0. The molecule has 0 fully saturated rings. The van der Waals surface area contributed by atoms with Crippen molar-refractivity contribution in [3.8, 4) is 0 Å². The van der Waals surface area contributed by atoms with E-state index in [1.165, 1.54) is 17.6 Å². The lowest BCUT2D eigenvalue weighted by Crippen LogP contribution is -1.97. The van der Waals surface area contributed by atoms with Crippen molar-refractivity contribution in [2.75, 3.05) is 6.26 Å². The summed E-state index contributed by atoms with van der Waals surface area (Å²) in [6, 6.07) is 0. The summed E-state index contributed by atoms with van der Waals surface area (Å²) in [6.45, 7) is 3.97. The van der Waals surface area contributed by atoms with E-state index in [-0.39, 0.29) is 10.3 Å². The molecule has 0 aliphatic carbocycles. The number of hydrogen-bond donors (Lipinski definition) is 0. The highest BCUT2D eigenvalue weighted by atomic mass is 32.2. The highest BCUT2D eigenvalue weighted by Crippen LogP contribution is 2.20. The normalized spacial score (nSPS) is 12.3. The minimum Gasteiger partial charge on any atom is -0.230 e. The van der Waals surface area contributed by atoms with E-state index in [0.717, 1.165) is 5.69 Å². The number of sulfone groups is 1. The minimum atomic E-state index is -3.11. The van der Waals surface area contributed by atoms with E-state index < -0.39 is 9.84 Å². The summed E-state index contributed by atoms with van der Waals surface area (Å²) in [5, 5.41) is 1.79. The van der Waals surface area contributed by atoms with Crippen molar-refractivity contribution in [3.63, 3.8) is 0 Å². The molecule has 0 aliphatic rings. The Morgan fingerprint density at radius 1 is 1.50 bits per heavy atom. The lowest BCUT2D eigenvalue weighted by molar-refractivity contribution is 0.600. The van der Waals surface area contributed by atoms with Crippen LogP contribution in [0.15, 0.2) is 9.72 Å². The first kappa shape index (κ1) is 9.67. The van der Waals surface area contributed by atoms with E-state index in [1.807, 2.05) is 13.8 Å². The number of hydrogen-bond acceptors (Lipinski definition) is 4. The lowest BCUT2D eigenvalue weighted by Gasteiger charge is -1.96. The van der Waals surface area contributed by atoms with Gasteiger partial charge in [0.2, 0.25) is 14.2 Å². The van der Waals surface area contributed by atoms with Crippen molar-refractivity contribution >= 4 is 21.2 Å². The van der Waals surface area contributed by atoms with Crippen LogP contribution in [0.3, 0.4) is 0 Å². The van der Waals surface area contributed by atoms with Crippen LogP contribution in [0, 0.1) is 0 Å². The van der Waals surface area contributed by atoms with Gasteiger partial charge < -0.3 is 0 Å². The standard InChI is InChI=1S/C7H11NO2S2/c1-5(2)6-4-11-7(8-6)12(3,9)10/h4-5H,1-3H3. The van der Waals surface area contributed by atoms with Gasteiger partial charge in [0.25, 0.3) is 0 Å². The van der Waals surface area contributed by atoms with Gasteiger partial charge in [-0.1, -0.05) is 13.8 Å². The molecule has 0 saturated carbocycles. The highest BCUT2D eigenvalue weighted by molar-refractivity contribution is 7.92. The van der Waals surface area contributed by atoms with Gasteiger partial charge in [0.1, 0.15) is 0 Å². The van der Waals surface area contributed by atoms with Gasteiger partial charge >= 0.3 is 0 Å². The SMILES string of the molecule is CC(C)c1csc(S(C)(=O)=O)n1. The van der Waals surface area contributed by atoms with Crippen LogP contribution in [-0.4, -0.2) is 19.7 Å². The molecule has 3 nitrogen and oxygen atoms in total. The second kappa shape index (κ2) is 3.14. The predicted octanol–water partition coefficient (Wildman–Crippen LogP) is 1.67. The first-order valence-electron chi connectivity index (χ1n) is 3.56. The maximum absolute atomic E-state index is 11.0. The third kappa shape index (κ3) is 2.04. The molecule has 0 bridgehead atoms. The quantitative estimate of drug-likeness (QED) is 0.738. The molecular weight excluding hydrogens is 194 g/mol. The average molecular weight is 205 g/mol. The van der Waals surface area contributed by atoms with Gasteiger partial charge in [0, 0.05) is 11.6 Å². The second-order valence-corrected chi connectivity index (χ2v) is 6.01. The Morgan fingerprint density at radius 3 is 2.33 bits per heavy atom. The van der Waals surface area contributed by atoms with Gasteiger partial charge in [0.15, 0.2) is 0 Å². The molecule has 0 atom stereocenters. The fourth-order valence-electron chi connectivity index (χ4n) is 0.704. The molecule has 0 spiro atoms. The van der Waals surface area contributed by atoms with E-state index in [1.54, 1.807) is 5.38 Å². The Labute approximate surface area is 76.4 Å². The predicted molar refractivity (Wildman–Crippen MR) is 49.3 cm³/mol. The molecule has 0 amide bonds. The van der Waals surface area contributed by atoms with Gasteiger partial charge in [-0.3, -0.25) is 0 Å². The second-order valence-electron chi connectivity index (χ2n) is 2.97. The van der Waals surface area contributed by atoms with Gasteiger partial charge in [-0.25, -0.2) is 13.4 Å². The fraction of sp³-hybridized carbons (Fsp3) is 0.571. The molecule has 0 saturated heterocycles. The summed E-state index contributed by atoms with van der Waals surface area (Å²) in [5.41, 5.74) is 0.848. The minimum absolute atomic E-state index is 0.214. The summed E-state index contributed by atoms with van der Waals surface area (Å²) in [6.07, 6.45) is 1.18. The number of rotatable bonds is 2. The van der Waals surface area contributed by atoms with Crippen molar-refractivity contribution in [1.29, 1.82) is 0 Å². The molecular formula is C7H11NO2S2. The van der Waals surface area contributed by atoms with E-state index in [9.17, 15) is 8.42 Å². The van der Waals surface area contributed by atoms with Crippen molar-refractivity contribution in [2.24, 2.45) is 0 Å². The first-order chi connectivity index (χ1) is 5.41. The lowest BCUT2D eigenvalue weighted by atomic mass is 10.2. The van der Waals surface area contributed by atoms with Gasteiger partial charge in [-0.2, -0.15) is 0 Å².